The number of hydrogen-bond acceptors (Lipinski definition) is 5. The van der Waals surface area contributed by atoms with E-state index in [1.165, 1.54) is 21.6 Å². The molecule has 0 saturated carbocycles. The van der Waals surface area contributed by atoms with Crippen LogP contribution >= 0.6 is 0 Å². The first-order valence-corrected chi connectivity index (χ1v) is 12.1. The van der Waals surface area contributed by atoms with E-state index in [-0.39, 0.29) is 42.3 Å². The van der Waals surface area contributed by atoms with Crippen LogP contribution in [0.3, 0.4) is 0 Å². The highest BCUT2D eigenvalue weighted by Gasteiger charge is 2.56. The molecule has 6 nitrogen and oxygen atoms in total. The number of hydrogen-bond donors (Lipinski definition) is 1. The number of rotatable bonds is 9. The Balaban J connectivity index is 1.51. The molecule has 4 atom stereocenters. The van der Waals surface area contributed by atoms with E-state index >= 15 is 0 Å². The first-order chi connectivity index (χ1) is 15.5. The van der Waals surface area contributed by atoms with E-state index < -0.39 is 0 Å². The second kappa shape index (κ2) is 9.75. The van der Waals surface area contributed by atoms with Gasteiger partial charge in [-0.25, -0.2) is 0 Å². The monoisotopic (exact) mass is 441 g/mol. The number of ether oxygens (including phenoxy) is 1. The molecule has 1 aliphatic carbocycles. The van der Waals surface area contributed by atoms with E-state index in [2.05, 4.69) is 19.9 Å². The minimum atomic E-state index is -0.245. The van der Waals surface area contributed by atoms with Crippen LogP contribution < -0.4 is 0 Å². The van der Waals surface area contributed by atoms with Gasteiger partial charge in [-0.2, -0.15) is 0 Å². The average molecular weight is 442 g/mol. The standard InChI is InChI=1S/C26H35NO5/c1-4-11-27-25(29)20-13-17(6-3)23-21(24(20)26(27)30)15-31-22(23)10-7-16(5-2)12-18-8-9-19(14-28)32-18/h8-9,12,20-22,24,28H,4-7,10-11,13-15H2,1-3H3/b16-12+/t20-,21+,22-,24-/m1/s1. The molecule has 1 aromatic heterocycles. The predicted molar refractivity (Wildman–Crippen MR) is 121 cm³/mol. The number of fused-ring (bicyclic) bond motifs is 3. The molecule has 2 amide bonds. The molecule has 0 unspecified atom stereocenters. The van der Waals surface area contributed by atoms with Crippen molar-refractivity contribution < 1.29 is 23.8 Å². The fourth-order valence-corrected chi connectivity index (χ4v) is 5.75. The van der Waals surface area contributed by atoms with Crippen molar-refractivity contribution in [3.8, 4) is 0 Å². The van der Waals surface area contributed by atoms with Gasteiger partial charge >= 0.3 is 0 Å². The molecule has 32 heavy (non-hydrogen) atoms. The molecule has 6 heteroatoms. The zero-order valence-electron chi connectivity index (χ0n) is 19.4. The number of likely N-dealkylation sites (tertiary alicyclic amines) is 1. The summed E-state index contributed by atoms with van der Waals surface area (Å²) < 4.78 is 11.9. The van der Waals surface area contributed by atoms with E-state index in [1.807, 2.05) is 13.0 Å². The molecule has 3 heterocycles. The maximum Gasteiger partial charge on any atom is 0.233 e. The third kappa shape index (κ3) is 4.11. The summed E-state index contributed by atoms with van der Waals surface area (Å²) in [7, 11) is 0. The molecular weight excluding hydrogens is 406 g/mol. The first-order valence-electron chi connectivity index (χ1n) is 12.1. The molecule has 4 rings (SSSR count). The highest BCUT2D eigenvalue weighted by atomic mass is 16.5. The van der Waals surface area contributed by atoms with E-state index in [1.54, 1.807) is 6.07 Å². The second-order valence-electron chi connectivity index (χ2n) is 9.16. The average Bonchev–Trinajstić information content (AvgIpc) is 3.50. The van der Waals surface area contributed by atoms with E-state index in [0.29, 0.717) is 25.3 Å². The van der Waals surface area contributed by atoms with Gasteiger partial charge in [-0.3, -0.25) is 14.5 Å². The number of carbonyl (C=O) groups is 2. The van der Waals surface area contributed by atoms with Crippen molar-refractivity contribution in [3.63, 3.8) is 0 Å². The van der Waals surface area contributed by atoms with Crippen molar-refractivity contribution in [2.24, 2.45) is 17.8 Å². The Morgan fingerprint density at radius 1 is 1.19 bits per heavy atom. The van der Waals surface area contributed by atoms with Crippen molar-refractivity contribution in [2.45, 2.75) is 72.0 Å². The summed E-state index contributed by atoms with van der Waals surface area (Å²) in [5, 5.41) is 9.21. The highest BCUT2D eigenvalue weighted by molar-refractivity contribution is 6.05. The number of imide groups is 1. The van der Waals surface area contributed by atoms with Crippen molar-refractivity contribution in [1.29, 1.82) is 0 Å². The van der Waals surface area contributed by atoms with Crippen LogP contribution in [0.25, 0.3) is 6.08 Å². The number of aliphatic hydroxyl groups is 1. The van der Waals surface area contributed by atoms with Gasteiger partial charge in [0.05, 0.1) is 24.5 Å². The van der Waals surface area contributed by atoms with Crippen LogP contribution in [0, 0.1) is 17.8 Å². The van der Waals surface area contributed by atoms with Gasteiger partial charge in [0, 0.05) is 12.5 Å². The van der Waals surface area contributed by atoms with Gasteiger partial charge in [0.1, 0.15) is 18.1 Å². The SMILES string of the molecule is CCCN1C(=O)[C@@H]2[C@@H](CC(CC)=C3[C@@H](CC/C(=C/c4ccc(CO)o4)CC)OC[C@@H]32)C1=O. The van der Waals surface area contributed by atoms with Crippen molar-refractivity contribution in [2.75, 3.05) is 13.2 Å². The van der Waals surface area contributed by atoms with Gasteiger partial charge in [-0.1, -0.05) is 31.9 Å². The van der Waals surface area contributed by atoms with Gasteiger partial charge in [0.15, 0.2) is 0 Å². The van der Waals surface area contributed by atoms with Gasteiger partial charge < -0.3 is 14.3 Å². The van der Waals surface area contributed by atoms with E-state index in [9.17, 15) is 14.7 Å². The van der Waals surface area contributed by atoms with Crippen LogP contribution in [0.1, 0.15) is 70.8 Å². The summed E-state index contributed by atoms with van der Waals surface area (Å²) in [6, 6.07) is 3.68. The maximum absolute atomic E-state index is 13.1. The number of aliphatic hydroxyl groups excluding tert-OH is 1. The summed E-state index contributed by atoms with van der Waals surface area (Å²) in [6.07, 6.45) is 7.12. The first kappa shape index (κ1) is 23.0. The lowest BCUT2D eigenvalue weighted by molar-refractivity contribution is -0.140. The Kier molecular flexibility index (Phi) is 7.01. The molecule has 0 aromatic carbocycles. The van der Waals surface area contributed by atoms with E-state index in [0.717, 1.165) is 37.9 Å². The largest absolute Gasteiger partial charge is 0.459 e. The normalized spacial score (nSPS) is 28.0. The fourth-order valence-electron chi connectivity index (χ4n) is 5.75. The zero-order valence-corrected chi connectivity index (χ0v) is 19.4. The van der Waals surface area contributed by atoms with Gasteiger partial charge in [-0.15, -0.1) is 0 Å². The third-order valence-corrected chi connectivity index (χ3v) is 7.34. The third-order valence-electron chi connectivity index (χ3n) is 7.34. The van der Waals surface area contributed by atoms with E-state index in [4.69, 9.17) is 9.15 Å². The smallest absolute Gasteiger partial charge is 0.233 e. The Morgan fingerprint density at radius 3 is 2.66 bits per heavy atom. The summed E-state index contributed by atoms with van der Waals surface area (Å²) in [6.45, 7) is 7.24. The number of furan rings is 1. The van der Waals surface area contributed by atoms with Gasteiger partial charge in [-0.05, 0) is 62.3 Å². The Morgan fingerprint density at radius 2 is 2.00 bits per heavy atom. The number of nitrogens with zero attached hydrogens (tertiary/aromatic N) is 1. The molecule has 3 aliphatic rings. The summed E-state index contributed by atoms with van der Waals surface area (Å²) in [5.41, 5.74) is 3.88. The van der Waals surface area contributed by atoms with Crippen molar-refractivity contribution in [3.05, 3.63) is 40.4 Å². The Bertz CT molecular complexity index is 926. The van der Waals surface area contributed by atoms with Crippen LogP contribution in [-0.4, -0.2) is 41.1 Å². The zero-order chi connectivity index (χ0) is 22.8. The summed E-state index contributed by atoms with van der Waals surface area (Å²) in [5.74, 6) is 0.949. The summed E-state index contributed by atoms with van der Waals surface area (Å²) >= 11 is 0. The lowest BCUT2D eigenvalue weighted by atomic mass is 9.69. The highest BCUT2D eigenvalue weighted by Crippen LogP contribution is 2.50. The molecule has 174 valence electrons. The van der Waals surface area contributed by atoms with Crippen LogP contribution in [0.5, 0.6) is 0 Å². The predicted octanol–water partition coefficient (Wildman–Crippen LogP) is 4.48. The van der Waals surface area contributed by atoms with Gasteiger partial charge in [0.25, 0.3) is 0 Å². The van der Waals surface area contributed by atoms with Crippen LogP contribution in [0.4, 0.5) is 0 Å². The molecule has 1 aromatic rings. The summed E-state index contributed by atoms with van der Waals surface area (Å²) in [4.78, 5) is 27.5. The lowest BCUT2D eigenvalue weighted by Crippen LogP contribution is -2.34. The Labute approximate surface area is 190 Å². The molecule has 1 N–H and O–H groups in total. The van der Waals surface area contributed by atoms with Crippen LogP contribution in [0.2, 0.25) is 0 Å². The second-order valence-corrected chi connectivity index (χ2v) is 9.16. The lowest BCUT2D eigenvalue weighted by Gasteiger charge is -2.31. The fraction of sp³-hybridized carbons (Fsp3) is 0.615. The minimum absolute atomic E-state index is 0.00963. The molecular formula is C26H35NO5. The topological polar surface area (TPSA) is 80.0 Å². The number of allylic oxidation sites excluding steroid dienone is 2. The molecule has 2 aliphatic heterocycles. The van der Waals surface area contributed by atoms with Crippen molar-refractivity contribution >= 4 is 17.9 Å². The number of carbonyl (C=O) groups excluding carboxylic acids is 2. The maximum atomic E-state index is 13.1. The Hall–Kier alpha value is -2.18. The molecule has 0 spiro atoms. The molecule has 2 fully saturated rings. The number of amides is 2. The van der Waals surface area contributed by atoms with Crippen LogP contribution in [-0.2, 0) is 20.9 Å². The van der Waals surface area contributed by atoms with Crippen LogP contribution in [0.15, 0.2) is 33.3 Å². The van der Waals surface area contributed by atoms with Crippen molar-refractivity contribution in [1.82, 2.24) is 4.90 Å². The molecule has 2 saturated heterocycles. The molecule has 0 radical (unpaired) electrons. The minimum Gasteiger partial charge on any atom is -0.459 e. The molecule has 0 bridgehead atoms. The van der Waals surface area contributed by atoms with Gasteiger partial charge in [0.2, 0.25) is 11.8 Å². The quantitative estimate of drug-likeness (QED) is 0.451.